The van der Waals surface area contributed by atoms with Crippen LogP contribution in [0.1, 0.15) is 213 Å². The number of amides is 1. The molecule has 0 aromatic carbocycles. The smallest absolute Gasteiger partial charge is 0.266 e. The fraction of sp³-hybridized carbons (Fsp3) is 0.800. The minimum Gasteiger partial charge on any atom is -0.391 e. The van der Waals surface area contributed by atoms with Crippen molar-refractivity contribution in [2.24, 2.45) is 0 Å². The van der Waals surface area contributed by atoms with Crippen LogP contribution in [-0.4, -0.2) is 41.9 Å². The SMILES string of the molecule is CC/C=C\C/C=C\C/C=C\C/C=C\CCCCCCCCCCC(=O)NC(CS(=O)(=O)O)C(O)CCCCCCCCCCCCCCCCCC. The summed E-state index contributed by atoms with van der Waals surface area (Å²) in [7, 11) is -4.32. The highest BCUT2D eigenvalue weighted by Crippen LogP contribution is 2.16. The Hall–Kier alpha value is -1.70. The van der Waals surface area contributed by atoms with Crippen LogP contribution in [0, 0.1) is 0 Å². The predicted molar refractivity (Wildman–Crippen MR) is 225 cm³/mol. The molecule has 0 heterocycles. The zero-order valence-corrected chi connectivity index (χ0v) is 34.7. The second-order valence-corrected chi connectivity index (χ2v) is 16.4. The highest BCUT2D eigenvalue weighted by molar-refractivity contribution is 7.85. The van der Waals surface area contributed by atoms with Crippen molar-refractivity contribution in [3.8, 4) is 0 Å². The van der Waals surface area contributed by atoms with Gasteiger partial charge in [0.05, 0.1) is 17.9 Å². The summed E-state index contributed by atoms with van der Waals surface area (Å²) in [5.41, 5.74) is 0. The van der Waals surface area contributed by atoms with Crippen molar-refractivity contribution in [2.75, 3.05) is 5.75 Å². The van der Waals surface area contributed by atoms with Crippen molar-refractivity contribution in [1.82, 2.24) is 5.32 Å². The second-order valence-electron chi connectivity index (χ2n) is 14.9. The third kappa shape index (κ3) is 39.5. The molecule has 0 fully saturated rings. The van der Waals surface area contributed by atoms with Crippen molar-refractivity contribution < 1.29 is 22.9 Å². The highest BCUT2D eigenvalue weighted by atomic mass is 32.2. The zero-order valence-electron chi connectivity index (χ0n) is 33.9. The number of carbonyl (C=O) groups excluding carboxylic acids is 1. The summed E-state index contributed by atoms with van der Waals surface area (Å²) >= 11 is 0. The number of carbonyl (C=O) groups is 1. The lowest BCUT2D eigenvalue weighted by Crippen LogP contribution is -2.47. The van der Waals surface area contributed by atoms with Gasteiger partial charge in [-0.15, -0.1) is 0 Å². The molecule has 0 saturated heterocycles. The number of hydrogen-bond donors (Lipinski definition) is 3. The van der Waals surface area contributed by atoms with Gasteiger partial charge in [-0.3, -0.25) is 9.35 Å². The van der Waals surface area contributed by atoms with E-state index in [1.54, 1.807) is 0 Å². The maximum Gasteiger partial charge on any atom is 0.266 e. The Morgan fingerprint density at radius 2 is 0.923 bits per heavy atom. The first kappa shape index (κ1) is 50.3. The van der Waals surface area contributed by atoms with Gasteiger partial charge in [-0.2, -0.15) is 8.42 Å². The van der Waals surface area contributed by atoms with Crippen molar-refractivity contribution in [1.29, 1.82) is 0 Å². The molecule has 0 bridgehead atoms. The van der Waals surface area contributed by atoms with Crippen LogP contribution in [0.4, 0.5) is 0 Å². The minimum atomic E-state index is -4.32. The number of unbranched alkanes of at least 4 members (excludes halogenated alkanes) is 23. The van der Waals surface area contributed by atoms with Crippen LogP contribution in [0.25, 0.3) is 0 Å². The largest absolute Gasteiger partial charge is 0.391 e. The molecule has 0 aromatic rings. The lowest BCUT2D eigenvalue weighted by atomic mass is 10.0. The molecule has 0 spiro atoms. The molecule has 0 rings (SSSR count). The van der Waals surface area contributed by atoms with Gasteiger partial charge >= 0.3 is 0 Å². The summed E-state index contributed by atoms with van der Waals surface area (Å²) in [6.07, 6.45) is 52.0. The van der Waals surface area contributed by atoms with Gasteiger partial charge in [0.15, 0.2) is 0 Å². The Morgan fingerprint density at radius 3 is 1.37 bits per heavy atom. The monoisotopic (exact) mass is 750 g/mol. The van der Waals surface area contributed by atoms with Gasteiger partial charge in [0.25, 0.3) is 10.1 Å². The van der Waals surface area contributed by atoms with E-state index in [2.05, 4.69) is 67.8 Å². The first-order valence-electron chi connectivity index (χ1n) is 21.8. The van der Waals surface area contributed by atoms with Gasteiger partial charge in [-0.25, -0.2) is 0 Å². The van der Waals surface area contributed by atoms with Crippen molar-refractivity contribution in [3.63, 3.8) is 0 Å². The molecule has 52 heavy (non-hydrogen) atoms. The number of aliphatic hydroxyl groups excluding tert-OH is 1. The summed E-state index contributed by atoms with van der Waals surface area (Å²) < 4.78 is 32.6. The average molecular weight is 750 g/mol. The van der Waals surface area contributed by atoms with E-state index in [9.17, 15) is 22.9 Å². The Balaban J connectivity index is 3.85. The first-order chi connectivity index (χ1) is 25.3. The van der Waals surface area contributed by atoms with Crippen molar-refractivity contribution in [2.45, 2.75) is 225 Å². The third-order valence-electron chi connectivity index (χ3n) is 9.80. The van der Waals surface area contributed by atoms with Gasteiger partial charge < -0.3 is 10.4 Å². The fourth-order valence-electron chi connectivity index (χ4n) is 6.56. The molecule has 0 saturated carbocycles. The standard InChI is InChI=1S/C45H83NO5S/c1-3-5-7-9-11-13-15-17-19-21-22-23-24-25-27-29-31-33-35-37-39-41-45(48)46-43(42-52(49,50)51)44(47)40-38-36-34-32-30-28-26-20-18-16-14-12-10-8-6-4-2/h5,7,11,13,17,19,22-23,43-44,47H,3-4,6,8-10,12,14-16,18,20-21,24-42H2,1-2H3,(H,46,48)(H,49,50,51)/b7-5-,13-11-,19-17-,23-22-. The lowest BCUT2D eigenvalue weighted by Gasteiger charge is -2.23. The minimum absolute atomic E-state index is 0.254. The van der Waals surface area contributed by atoms with E-state index in [0.717, 1.165) is 77.0 Å². The maximum atomic E-state index is 12.6. The van der Waals surface area contributed by atoms with Gasteiger partial charge in [-0.1, -0.05) is 204 Å². The molecule has 304 valence electrons. The molecule has 1 amide bonds. The summed E-state index contributed by atoms with van der Waals surface area (Å²) in [6, 6.07) is -0.976. The topological polar surface area (TPSA) is 104 Å². The summed E-state index contributed by atoms with van der Waals surface area (Å²) in [4.78, 5) is 12.6. The second kappa shape index (κ2) is 39.0. The Labute approximate surface area is 322 Å². The van der Waals surface area contributed by atoms with E-state index >= 15 is 0 Å². The molecule has 0 radical (unpaired) electrons. The molecule has 0 aliphatic rings. The van der Waals surface area contributed by atoms with E-state index in [1.807, 2.05) is 0 Å². The number of nitrogens with one attached hydrogen (secondary N) is 1. The van der Waals surface area contributed by atoms with E-state index in [1.165, 1.54) is 109 Å². The average Bonchev–Trinajstić information content (AvgIpc) is 3.11. The van der Waals surface area contributed by atoms with E-state index < -0.39 is 28.0 Å². The van der Waals surface area contributed by atoms with Crippen molar-refractivity contribution >= 4 is 16.0 Å². The summed E-state index contributed by atoms with van der Waals surface area (Å²) in [5, 5.41) is 13.4. The molecule has 0 aliphatic carbocycles. The normalized spacial score (nSPS) is 13.7. The molecular weight excluding hydrogens is 667 g/mol. The molecule has 0 aromatic heterocycles. The fourth-order valence-corrected chi connectivity index (χ4v) is 7.32. The molecular formula is C45H83NO5S. The number of rotatable bonds is 39. The Bertz CT molecular complexity index is 1000. The maximum absolute atomic E-state index is 12.6. The van der Waals surface area contributed by atoms with Crippen LogP contribution in [0.15, 0.2) is 48.6 Å². The summed E-state index contributed by atoms with van der Waals surface area (Å²) in [6.45, 7) is 4.42. The van der Waals surface area contributed by atoms with E-state index in [-0.39, 0.29) is 5.91 Å². The van der Waals surface area contributed by atoms with Gasteiger partial charge in [0, 0.05) is 6.42 Å². The molecule has 2 unspecified atom stereocenters. The Kier molecular flexibility index (Phi) is 37.7. The number of aliphatic hydroxyl groups is 1. The molecule has 0 aliphatic heterocycles. The van der Waals surface area contributed by atoms with Gasteiger partial charge in [0.1, 0.15) is 0 Å². The molecule has 3 N–H and O–H groups in total. The number of hydrogen-bond acceptors (Lipinski definition) is 4. The van der Waals surface area contributed by atoms with Crippen LogP contribution in [-0.2, 0) is 14.9 Å². The van der Waals surface area contributed by atoms with Crippen LogP contribution in [0.3, 0.4) is 0 Å². The highest BCUT2D eigenvalue weighted by Gasteiger charge is 2.26. The van der Waals surface area contributed by atoms with E-state index in [4.69, 9.17) is 0 Å². The first-order valence-corrected chi connectivity index (χ1v) is 23.4. The van der Waals surface area contributed by atoms with Crippen LogP contribution < -0.4 is 5.32 Å². The van der Waals surface area contributed by atoms with Gasteiger partial charge in [-0.05, 0) is 51.4 Å². The van der Waals surface area contributed by atoms with E-state index in [0.29, 0.717) is 12.8 Å². The molecule has 2 atom stereocenters. The molecule has 6 nitrogen and oxygen atoms in total. The van der Waals surface area contributed by atoms with Crippen molar-refractivity contribution in [3.05, 3.63) is 48.6 Å². The van der Waals surface area contributed by atoms with Gasteiger partial charge in [0.2, 0.25) is 5.91 Å². The lowest BCUT2D eigenvalue weighted by molar-refractivity contribution is -0.122. The Morgan fingerprint density at radius 1 is 0.538 bits per heavy atom. The zero-order chi connectivity index (χ0) is 38.2. The van der Waals surface area contributed by atoms with Crippen LogP contribution in [0.5, 0.6) is 0 Å². The van der Waals surface area contributed by atoms with Crippen LogP contribution in [0.2, 0.25) is 0 Å². The predicted octanol–water partition coefficient (Wildman–Crippen LogP) is 13.1. The number of allylic oxidation sites excluding steroid dienone is 8. The third-order valence-corrected chi connectivity index (χ3v) is 10.6. The quantitative estimate of drug-likeness (QED) is 0.0330. The molecule has 7 heteroatoms. The van der Waals surface area contributed by atoms with Crippen LogP contribution >= 0.6 is 0 Å². The summed E-state index contributed by atoms with van der Waals surface area (Å²) in [5.74, 6) is -0.906.